The van der Waals surface area contributed by atoms with Crippen molar-refractivity contribution in [2.75, 3.05) is 18.5 Å². The Morgan fingerprint density at radius 1 is 1.37 bits per heavy atom. The smallest absolute Gasteiger partial charge is 0.129 e. The molecule has 19 heavy (non-hydrogen) atoms. The average molecular weight is 261 g/mol. The molecule has 0 spiro atoms. The summed E-state index contributed by atoms with van der Waals surface area (Å²) in [6, 6.07) is 5.13. The molecule has 3 nitrogen and oxygen atoms in total. The minimum atomic E-state index is 0.690. The van der Waals surface area contributed by atoms with Gasteiger partial charge in [-0.1, -0.05) is 13.3 Å². The lowest BCUT2D eigenvalue weighted by Gasteiger charge is -2.37. The van der Waals surface area contributed by atoms with Crippen molar-refractivity contribution in [1.82, 2.24) is 10.3 Å². The van der Waals surface area contributed by atoms with Gasteiger partial charge < -0.3 is 10.2 Å². The molecule has 0 radical (unpaired) electrons. The number of aromatic nitrogens is 1. The molecule has 1 aromatic rings. The van der Waals surface area contributed by atoms with Gasteiger partial charge in [-0.25, -0.2) is 4.98 Å². The number of piperidine rings is 1. The van der Waals surface area contributed by atoms with E-state index in [9.17, 15) is 0 Å². The van der Waals surface area contributed by atoms with Gasteiger partial charge in [0.1, 0.15) is 5.82 Å². The third-order valence-corrected chi connectivity index (χ3v) is 3.92. The van der Waals surface area contributed by atoms with E-state index in [0.717, 1.165) is 12.2 Å². The highest BCUT2D eigenvalue weighted by molar-refractivity contribution is 5.44. The molecule has 1 N–H and O–H groups in total. The van der Waals surface area contributed by atoms with Gasteiger partial charge in [0.2, 0.25) is 0 Å². The Labute approximate surface area is 117 Å². The Balaban J connectivity index is 2.22. The summed E-state index contributed by atoms with van der Waals surface area (Å²) in [5.74, 6) is 1.18. The summed E-state index contributed by atoms with van der Waals surface area (Å²) in [5, 5.41) is 3.23. The molecule has 1 aromatic heterocycles. The second kappa shape index (κ2) is 6.90. The van der Waals surface area contributed by atoms with Gasteiger partial charge >= 0.3 is 0 Å². The van der Waals surface area contributed by atoms with Crippen LogP contribution in [-0.2, 0) is 6.54 Å². The second-order valence-corrected chi connectivity index (χ2v) is 5.64. The van der Waals surface area contributed by atoms with E-state index in [-0.39, 0.29) is 0 Å². The molecule has 0 saturated carbocycles. The van der Waals surface area contributed by atoms with Crippen LogP contribution in [0.2, 0.25) is 0 Å². The molecule has 0 aromatic carbocycles. The number of hydrogen-bond donors (Lipinski definition) is 1. The highest BCUT2D eigenvalue weighted by Crippen LogP contribution is 2.26. The van der Waals surface area contributed by atoms with Crippen molar-refractivity contribution >= 4 is 5.82 Å². The molecule has 106 valence electrons. The van der Waals surface area contributed by atoms with E-state index in [1.165, 1.54) is 50.0 Å². The van der Waals surface area contributed by atoms with Crippen LogP contribution in [0.15, 0.2) is 12.1 Å². The van der Waals surface area contributed by atoms with Crippen LogP contribution >= 0.6 is 0 Å². The number of rotatable bonds is 5. The number of pyridine rings is 1. The SMILES string of the molecule is CCCC1CCCCN1c1cc(CNC)cc(C)n1. The summed E-state index contributed by atoms with van der Waals surface area (Å²) in [4.78, 5) is 7.31. The Hall–Kier alpha value is -1.09. The van der Waals surface area contributed by atoms with Crippen LogP contribution < -0.4 is 10.2 Å². The fraction of sp³-hybridized carbons (Fsp3) is 0.688. The Bertz CT molecular complexity index is 401. The van der Waals surface area contributed by atoms with Crippen LogP contribution in [0.5, 0.6) is 0 Å². The number of nitrogens with one attached hydrogen (secondary N) is 1. The molecular formula is C16H27N3. The maximum atomic E-state index is 4.77. The topological polar surface area (TPSA) is 28.2 Å². The molecule has 0 bridgehead atoms. The largest absolute Gasteiger partial charge is 0.354 e. The normalized spacial score (nSPS) is 19.7. The first-order chi connectivity index (χ1) is 9.24. The van der Waals surface area contributed by atoms with Gasteiger partial charge in [-0.05, 0) is 57.4 Å². The van der Waals surface area contributed by atoms with Crippen molar-refractivity contribution in [3.05, 3.63) is 23.4 Å². The van der Waals surface area contributed by atoms with Gasteiger partial charge in [0.25, 0.3) is 0 Å². The van der Waals surface area contributed by atoms with Crippen molar-refractivity contribution in [2.45, 2.75) is 58.5 Å². The summed E-state index contributed by atoms with van der Waals surface area (Å²) in [5.41, 5.74) is 2.47. The molecule has 3 heteroatoms. The van der Waals surface area contributed by atoms with Crippen LogP contribution in [0.25, 0.3) is 0 Å². The van der Waals surface area contributed by atoms with Crippen LogP contribution in [0.1, 0.15) is 50.3 Å². The van der Waals surface area contributed by atoms with E-state index >= 15 is 0 Å². The molecule has 1 unspecified atom stereocenters. The standard InChI is InChI=1S/C16H27N3/c1-4-7-15-8-5-6-9-19(15)16-11-14(12-17-3)10-13(2)18-16/h10-11,15,17H,4-9,12H2,1-3H3. The minimum Gasteiger partial charge on any atom is -0.354 e. The van der Waals surface area contributed by atoms with Gasteiger partial charge in [0, 0.05) is 24.8 Å². The van der Waals surface area contributed by atoms with E-state index in [0.29, 0.717) is 6.04 Å². The highest BCUT2D eigenvalue weighted by atomic mass is 15.2. The lowest BCUT2D eigenvalue weighted by Crippen LogP contribution is -2.40. The predicted molar refractivity (Wildman–Crippen MR) is 81.6 cm³/mol. The van der Waals surface area contributed by atoms with E-state index in [1.807, 2.05) is 7.05 Å². The Morgan fingerprint density at radius 2 is 2.21 bits per heavy atom. The molecule has 0 aliphatic carbocycles. The van der Waals surface area contributed by atoms with E-state index < -0.39 is 0 Å². The molecule has 2 heterocycles. The first-order valence-electron chi connectivity index (χ1n) is 7.63. The Morgan fingerprint density at radius 3 is 2.95 bits per heavy atom. The van der Waals surface area contributed by atoms with Gasteiger partial charge in [-0.2, -0.15) is 0 Å². The molecule has 1 saturated heterocycles. The van der Waals surface area contributed by atoms with Gasteiger partial charge in [0.05, 0.1) is 0 Å². The molecule has 1 atom stereocenters. The lowest BCUT2D eigenvalue weighted by molar-refractivity contribution is 0.431. The van der Waals surface area contributed by atoms with Crippen molar-refractivity contribution in [1.29, 1.82) is 0 Å². The van der Waals surface area contributed by atoms with E-state index in [1.54, 1.807) is 0 Å². The van der Waals surface area contributed by atoms with Gasteiger partial charge in [-0.3, -0.25) is 0 Å². The van der Waals surface area contributed by atoms with E-state index in [4.69, 9.17) is 4.98 Å². The number of nitrogens with zero attached hydrogens (tertiary/aromatic N) is 2. The summed E-state index contributed by atoms with van der Waals surface area (Å²) in [6.07, 6.45) is 6.55. The van der Waals surface area contributed by atoms with Gasteiger partial charge in [-0.15, -0.1) is 0 Å². The number of anilines is 1. The van der Waals surface area contributed by atoms with Crippen LogP contribution in [0.3, 0.4) is 0 Å². The zero-order valence-electron chi connectivity index (χ0n) is 12.6. The molecule has 0 amide bonds. The summed E-state index contributed by atoms with van der Waals surface area (Å²) in [7, 11) is 2.00. The van der Waals surface area contributed by atoms with Crippen molar-refractivity contribution in [3.63, 3.8) is 0 Å². The quantitative estimate of drug-likeness (QED) is 0.881. The summed E-state index contributed by atoms with van der Waals surface area (Å²) in [6.45, 7) is 6.47. The predicted octanol–water partition coefficient (Wildman–Crippen LogP) is 3.27. The summed E-state index contributed by atoms with van der Waals surface area (Å²) >= 11 is 0. The first kappa shape index (κ1) is 14.3. The monoisotopic (exact) mass is 261 g/mol. The number of aryl methyl sites for hydroxylation is 1. The maximum Gasteiger partial charge on any atom is 0.129 e. The minimum absolute atomic E-state index is 0.690. The molecule has 1 fully saturated rings. The van der Waals surface area contributed by atoms with Crippen LogP contribution in [-0.4, -0.2) is 24.6 Å². The highest BCUT2D eigenvalue weighted by Gasteiger charge is 2.23. The number of hydrogen-bond acceptors (Lipinski definition) is 3. The molecular weight excluding hydrogens is 234 g/mol. The van der Waals surface area contributed by atoms with E-state index in [2.05, 4.69) is 36.2 Å². The zero-order chi connectivity index (χ0) is 13.7. The van der Waals surface area contributed by atoms with Crippen molar-refractivity contribution in [3.8, 4) is 0 Å². The van der Waals surface area contributed by atoms with Crippen LogP contribution in [0.4, 0.5) is 5.82 Å². The Kier molecular flexibility index (Phi) is 5.20. The third kappa shape index (κ3) is 3.69. The van der Waals surface area contributed by atoms with Crippen LogP contribution in [0, 0.1) is 6.92 Å². The second-order valence-electron chi connectivity index (χ2n) is 5.64. The summed E-state index contributed by atoms with van der Waals surface area (Å²) < 4.78 is 0. The molecule has 1 aliphatic rings. The zero-order valence-corrected chi connectivity index (χ0v) is 12.6. The fourth-order valence-electron chi connectivity index (χ4n) is 3.11. The fourth-order valence-corrected chi connectivity index (χ4v) is 3.11. The van der Waals surface area contributed by atoms with Crippen molar-refractivity contribution < 1.29 is 0 Å². The third-order valence-electron chi connectivity index (χ3n) is 3.92. The maximum absolute atomic E-state index is 4.77. The molecule has 1 aliphatic heterocycles. The van der Waals surface area contributed by atoms with Crippen molar-refractivity contribution in [2.24, 2.45) is 0 Å². The average Bonchev–Trinajstić information content (AvgIpc) is 2.39. The lowest BCUT2D eigenvalue weighted by atomic mass is 9.98. The van der Waals surface area contributed by atoms with Gasteiger partial charge in [0.15, 0.2) is 0 Å². The first-order valence-corrected chi connectivity index (χ1v) is 7.63. The molecule has 2 rings (SSSR count).